The van der Waals surface area contributed by atoms with Crippen molar-refractivity contribution in [1.29, 1.82) is 0 Å². The van der Waals surface area contributed by atoms with Gasteiger partial charge in [0.1, 0.15) is 29.7 Å². The molecule has 6 aromatic rings. The van der Waals surface area contributed by atoms with Gasteiger partial charge in [-0.15, -0.1) is 10.2 Å². The third kappa shape index (κ3) is 7.07. The van der Waals surface area contributed by atoms with E-state index in [2.05, 4.69) is 56.4 Å². The van der Waals surface area contributed by atoms with Gasteiger partial charge in [-0.1, -0.05) is 86.3 Å². The van der Waals surface area contributed by atoms with Gasteiger partial charge in [-0.05, 0) is 61.6 Å². The SMILES string of the molecule is CSC(C)(C)c1cc(N(Cc2ccccc2Sc2ccc3nnc(C(C)C)n3c2)C(N)=O)n(-c2ccccc2OCc2ccccc2)n1. The lowest BCUT2D eigenvalue weighted by Crippen LogP contribution is -2.36. The molecule has 0 radical (unpaired) electrons. The van der Waals surface area contributed by atoms with Crippen LogP contribution in [-0.2, 0) is 17.9 Å². The standard InChI is InChI=1S/C37H39N7O2S2/c1-25(2)35-40-39-33-20-19-28(23-42(33)35)48-31-18-12-9-15-27(31)22-43(36(38)45)34-21-32(37(3,4)47-5)41-44(34)29-16-10-11-17-30(29)46-24-26-13-7-6-8-14-26/h6-21,23,25H,22,24H2,1-5H3,(H2,38,45). The lowest BCUT2D eigenvalue weighted by atomic mass is 10.1. The normalized spacial score (nSPS) is 11.7. The van der Waals surface area contributed by atoms with Crippen LogP contribution >= 0.6 is 23.5 Å². The number of hydrogen-bond acceptors (Lipinski definition) is 7. The average molecular weight is 678 g/mol. The zero-order valence-corrected chi connectivity index (χ0v) is 29.3. The first-order valence-corrected chi connectivity index (χ1v) is 17.8. The van der Waals surface area contributed by atoms with Gasteiger partial charge in [-0.2, -0.15) is 16.9 Å². The molecule has 0 unspecified atom stereocenters. The zero-order valence-electron chi connectivity index (χ0n) is 27.7. The first kappa shape index (κ1) is 33.2. The summed E-state index contributed by atoms with van der Waals surface area (Å²) >= 11 is 3.31. The number of amides is 2. The molecule has 0 fully saturated rings. The van der Waals surface area contributed by atoms with Crippen LogP contribution in [0.3, 0.4) is 0 Å². The van der Waals surface area contributed by atoms with Crippen molar-refractivity contribution in [1.82, 2.24) is 24.4 Å². The number of nitrogens with zero attached hydrogens (tertiary/aromatic N) is 6. The molecule has 9 nitrogen and oxygen atoms in total. The number of carbonyl (C=O) groups is 1. The molecule has 2 amide bonds. The van der Waals surface area contributed by atoms with Crippen LogP contribution in [-0.4, -0.2) is 36.7 Å². The Morgan fingerprint density at radius 2 is 1.69 bits per heavy atom. The number of ether oxygens (including phenoxy) is 1. The molecule has 0 aliphatic heterocycles. The Morgan fingerprint density at radius 3 is 2.44 bits per heavy atom. The highest BCUT2D eigenvalue weighted by atomic mass is 32.2. The molecular weight excluding hydrogens is 639 g/mol. The van der Waals surface area contributed by atoms with Crippen LogP contribution < -0.4 is 15.4 Å². The van der Waals surface area contributed by atoms with Gasteiger partial charge >= 0.3 is 6.03 Å². The van der Waals surface area contributed by atoms with Crippen LogP contribution in [0.4, 0.5) is 10.6 Å². The first-order valence-electron chi connectivity index (χ1n) is 15.7. The highest BCUT2D eigenvalue weighted by Crippen LogP contribution is 2.38. The number of anilines is 1. The molecule has 0 atom stereocenters. The van der Waals surface area contributed by atoms with E-state index in [1.54, 1.807) is 33.1 Å². The molecule has 3 heterocycles. The summed E-state index contributed by atoms with van der Waals surface area (Å²) in [5.74, 6) is 2.34. The number of fused-ring (bicyclic) bond motifs is 1. The Labute approximate surface area is 289 Å². The molecule has 0 aliphatic rings. The monoisotopic (exact) mass is 677 g/mol. The van der Waals surface area contributed by atoms with Gasteiger partial charge < -0.3 is 10.5 Å². The number of carbonyl (C=O) groups excluding carboxylic acids is 1. The number of hydrogen-bond donors (Lipinski definition) is 1. The van der Waals surface area contributed by atoms with Crippen molar-refractivity contribution >= 4 is 41.0 Å². The number of urea groups is 1. The maximum atomic E-state index is 13.3. The quantitative estimate of drug-likeness (QED) is 0.139. The van der Waals surface area contributed by atoms with Crippen molar-refractivity contribution < 1.29 is 9.53 Å². The largest absolute Gasteiger partial charge is 0.487 e. The van der Waals surface area contributed by atoms with Gasteiger partial charge in [0, 0.05) is 28.0 Å². The Balaban J connectivity index is 1.38. The third-order valence-electron chi connectivity index (χ3n) is 8.14. The molecule has 6 rings (SSSR count). The summed E-state index contributed by atoms with van der Waals surface area (Å²) in [7, 11) is 0. The van der Waals surface area contributed by atoms with Gasteiger partial charge in [0.25, 0.3) is 0 Å². The zero-order chi connectivity index (χ0) is 33.8. The second-order valence-electron chi connectivity index (χ2n) is 12.2. The van der Waals surface area contributed by atoms with E-state index >= 15 is 0 Å². The predicted molar refractivity (Wildman–Crippen MR) is 194 cm³/mol. The molecule has 0 aliphatic carbocycles. The average Bonchev–Trinajstić information content (AvgIpc) is 3.73. The van der Waals surface area contributed by atoms with Gasteiger partial charge in [-0.25, -0.2) is 9.48 Å². The molecule has 3 aromatic heterocycles. The van der Waals surface area contributed by atoms with Crippen molar-refractivity contribution in [3.8, 4) is 11.4 Å². The molecule has 0 spiro atoms. The summed E-state index contributed by atoms with van der Waals surface area (Å²) in [5.41, 5.74) is 10.5. The van der Waals surface area contributed by atoms with E-state index in [4.69, 9.17) is 15.6 Å². The van der Waals surface area contributed by atoms with Crippen molar-refractivity contribution in [2.75, 3.05) is 11.2 Å². The third-order valence-corrected chi connectivity index (χ3v) is 10.5. The van der Waals surface area contributed by atoms with E-state index in [1.807, 2.05) is 95.4 Å². The van der Waals surface area contributed by atoms with E-state index in [-0.39, 0.29) is 17.2 Å². The minimum absolute atomic E-state index is 0.233. The molecule has 3 aromatic carbocycles. The number of pyridine rings is 1. The van der Waals surface area contributed by atoms with E-state index in [0.717, 1.165) is 38.1 Å². The van der Waals surface area contributed by atoms with E-state index in [9.17, 15) is 4.79 Å². The number of para-hydroxylation sites is 2. The first-order chi connectivity index (χ1) is 23.1. The Bertz CT molecular complexity index is 2040. The summed E-state index contributed by atoms with van der Waals surface area (Å²) in [6, 6.07) is 31.2. The van der Waals surface area contributed by atoms with Crippen LogP contribution in [0.15, 0.2) is 113 Å². The van der Waals surface area contributed by atoms with Crippen molar-refractivity contribution in [3.05, 3.63) is 126 Å². The summed E-state index contributed by atoms with van der Waals surface area (Å²) in [4.78, 5) is 17.0. The molecule has 11 heteroatoms. The van der Waals surface area contributed by atoms with Gasteiger partial charge in [0.2, 0.25) is 0 Å². The van der Waals surface area contributed by atoms with Crippen molar-refractivity contribution in [2.24, 2.45) is 5.73 Å². The lowest BCUT2D eigenvalue weighted by molar-refractivity contribution is 0.253. The number of aromatic nitrogens is 5. The Kier molecular flexibility index (Phi) is 9.79. The second kappa shape index (κ2) is 14.2. The highest BCUT2D eigenvalue weighted by molar-refractivity contribution is 7.99. The van der Waals surface area contributed by atoms with Gasteiger partial charge in [0.05, 0.1) is 17.0 Å². The fraction of sp³-hybridized carbons (Fsp3) is 0.243. The van der Waals surface area contributed by atoms with Crippen molar-refractivity contribution in [3.63, 3.8) is 0 Å². The van der Waals surface area contributed by atoms with Gasteiger partial charge in [0.15, 0.2) is 5.65 Å². The van der Waals surface area contributed by atoms with Crippen LogP contribution in [0, 0.1) is 0 Å². The summed E-state index contributed by atoms with van der Waals surface area (Å²) < 4.78 is 9.82. The molecular formula is C37H39N7O2S2. The maximum Gasteiger partial charge on any atom is 0.320 e. The van der Waals surface area contributed by atoms with Crippen LogP contribution in [0.2, 0.25) is 0 Å². The molecule has 0 saturated heterocycles. The topological polar surface area (TPSA) is 104 Å². The lowest BCUT2D eigenvalue weighted by Gasteiger charge is -2.23. The second-order valence-corrected chi connectivity index (χ2v) is 14.7. The smallest absolute Gasteiger partial charge is 0.320 e. The number of thioether (sulfide) groups is 1. The van der Waals surface area contributed by atoms with Crippen LogP contribution in [0.25, 0.3) is 11.3 Å². The fourth-order valence-electron chi connectivity index (χ4n) is 5.28. The Hall–Kier alpha value is -4.74. The fourth-order valence-corrected chi connectivity index (χ4v) is 6.54. The number of rotatable bonds is 12. The highest BCUT2D eigenvalue weighted by Gasteiger charge is 2.29. The molecule has 2 N–H and O–H groups in total. The summed E-state index contributed by atoms with van der Waals surface area (Å²) in [6.07, 6.45) is 4.12. The minimum atomic E-state index is -0.584. The van der Waals surface area contributed by atoms with Crippen LogP contribution in [0.5, 0.6) is 5.75 Å². The van der Waals surface area contributed by atoms with E-state index in [1.165, 1.54) is 0 Å². The van der Waals surface area contributed by atoms with Gasteiger partial charge in [-0.3, -0.25) is 9.30 Å². The number of benzene rings is 3. The Morgan fingerprint density at radius 1 is 0.958 bits per heavy atom. The van der Waals surface area contributed by atoms with Crippen LogP contribution in [0.1, 0.15) is 56.3 Å². The van der Waals surface area contributed by atoms with E-state index in [0.29, 0.717) is 23.9 Å². The molecule has 0 saturated carbocycles. The van der Waals surface area contributed by atoms with E-state index < -0.39 is 6.03 Å². The van der Waals surface area contributed by atoms with Crippen molar-refractivity contribution in [2.45, 2.75) is 61.3 Å². The number of nitrogens with two attached hydrogens (primary N) is 1. The summed E-state index contributed by atoms with van der Waals surface area (Å²) in [5, 5.41) is 13.8. The molecule has 0 bridgehead atoms. The number of primary amides is 1. The molecule has 246 valence electrons. The summed E-state index contributed by atoms with van der Waals surface area (Å²) in [6.45, 7) is 9.07. The minimum Gasteiger partial charge on any atom is -0.487 e. The maximum absolute atomic E-state index is 13.3. The molecule has 48 heavy (non-hydrogen) atoms. The predicted octanol–water partition coefficient (Wildman–Crippen LogP) is 8.45.